The molecule has 274 valence electrons. The lowest BCUT2D eigenvalue weighted by Gasteiger charge is -2.43. The van der Waals surface area contributed by atoms with E-state index in [9.17, 15) is 9.59 Å². The molecule has 0 saturated carbocycles. The van der Waals surface area contributed by atoms with Crippen LogP contribution >= 0.6 is 8.53 Å². The van der Waals surface area contributed by atoms with Crippen LogP contribution in [-0.2, 0) is 24.1 Å². The maximum absolute atomic E-state index is 13.0. The minimum Gasteiger partial charge on any atom is -0.497 e. The van der Waals surface area contributed by atoms with E-state index in [1.807, 2.05) is 78.9 Å². The molecule has 1 saturated heterocycles. The Labute approximate surface area is 301 Å². The van der Waals surface area contributed by atoms with Gasteiger partial charge in [-0.1, -0.05) is 54.6 Å². The molecule has 0 aliphatic carbocycles. The standard InChI is InChI=1S/C39H50N3O8P/c1-26(2)42(27(3)4)51(47-8)50-34-22-23-36(41-24-28(5)37(43)40-38(41)44)49-35(34)25-48-39(29-12-10-9-11-13-29,30-14-18-32(45-6)19-15-30)31-16-20-33(46-7)21-17-31/h9-21,24,26-27,34-36H,22-23,25H2,1-8H3,(H,40,43,44). The Morgan fingerprint density at radius 2 is 1.39 bits per heavy atom. The molecule has 51 heavy (non-hydrogen) atoms. The van der Waals surface area contributed by atoms with Gasteiger partial charge in [-0.25, -0.2) is 9.46 Å². The van der Waals surface area contributed by atoms with E-state index in [-0.39, 0.29) is 18.7 Å². The fourth-order valence-corrected chi connectivity index (χ4v) is 8.30. The van der Waals surface area contributed by atoms with Crippen LogP contribution in [0.25, 0.3) is 0 Å². The molecule has 4 unspecified atom stereocenters. The van der Waals surface area contributed by atoms with E-state index in [0.717, 1.165) is 28.2 Å². The van der Waals surface area contributed by atoms with Crippen molar-refractivity contribution >= 4 is 8.53 Å². The van der Waals surface area contributed by atoms with Crippen molar-refractivity contribution in [2.24, 2.45) is 0 Å². The number of aromatic nitrogens is 2. The summed E-state index contributed by atoms with van der Waals surface area (Å²) in [4.78, 5) is 27.7. The SMILES string of the molecule is COc1ccc(C(OCC2OC(n3cc(C)c(=O)[nH]c3=O)CCC2OP(OC)N(C(C)C)C(C)C)(c2ccccc2)c2ccc(OC)cc2)cc1. The number of H-pyrrole nitrogens is 1. The van der Waals surface area contributed by atoms with Gasteiger partial charge >= 0.3 is 5.69 Å². The van der Waals surface area contributed by atoms with Gasteiger partial charge in [-0.3, -0.25) is 14.3 Å². The summed E-state index contributed by atoms with van der Waals surface area (Å²) < 4.78 is 41.5. The number of nitrogens with one attached hydrogen (secondary N) is 1. The third-order valence-electron chi connectivity index (χ3n) is 9.17. The van der Waals surface area contributed by atoms with Crippen molar-refractivity contribution in [1.29, 1.82) is 0 Å². The molecule has 1 fully saturated rings. The third-order valence-corrected chi connectivity index (χ3v) is 11.2. The number of rotatable bonds is 15. The molecule has 11 nitrogen and oxygen atoms in total. The van der Waals surface area contributed by atoms with Crippen molar-refractivity contribution in [3.8, 4) is 11.5 Å². The molecule has 0 bridgehead atoms. The Hall–Kier alpha value is -3.83. The van der Waals surface area contributed by atoms with Crippen molar-refractivity contribution in [2.45, 2.75) is 83.6 Å². The monoisotopic (exact) mass is 719 g/mol. The first-order valence-electron chi connectivity index (χ1n) is 17.3. The van der Waals surface area contributed by atoms with Gasteiger partial charge in [0.05, 0.1) is 26.9 Å². The van der Waals surface area contributed by atoms with Crippen molar-refractivity contribution in [3.63, 3.8) is 0 Å². The second-order valence-corrected chi connectivity index (χ2v) is 14.6. The molecular formula is C39H50N3O8P. The average Bonchev–Trinajstić information content (AvgIpc) is 3.14. The second kappa shape index (κ2) is 17.1. The van der Waals surface area contributed by atoms with Gasteiger partial charge < -0.3 is 28.0 Å². The van der Waals surface area contributed by atoms with E-state index < -0.39 is 43.8 Å². The Morgan fingerprint density at radius 1 is 0.843 bits per heavy atom. The number of hydrogen-bond donors (Lipinski definition) is 1. The zero-order chi connectivity index (χ0) is 36.7. The fraction of sp³-hybridized carbons (Fsp3) is 0.436. The van der Waals surface area contributed by atoms with Crippen LogP contribution in [-0.4, -0.2) is 66.4 Å². The van der Waals surface area contributed by atoms with Crippen molar-refractivity contribution < 1.29 is 28.0 Å². The van der Waals surface area contributed by atoms with Crippen molar-refractivity contribution in [1.82, 2.24) is 14.2 Å². The Morgan fingerprint density at radius 3 is 1.90 bits per heavy atom. The maximum Gasteiger partial charge on any atom is 0.330 e. The largest absolute Gasteiger partial charge is 0.497 e. The summed E-state index contributed by atoms with van der Waals surface area (Å²) in [7, 11) is 3.48. The number of aryl methyl sites for hydroxylation is 1. The van der Waals surface area contributed by atoms with Gasteiger partial charge in [-0.15, -0.1) is 0 Å². The van der Waals surface area contributed by atoms with Crippen LogP contribution in [0.1, 0.15) is 69.0 Å². The number of nitrogens with zero attached hydrogens (tertiary/aromatic N) is 2. The quantitative estimate of drug-likeness (QED) is 0.103. The van der Waals surface area contributed by atoms with Crippen LogP contribution in [0, 0.1) is 6.92 Å². The molecule has 5 rings (SSSR count). The van der Waals surface area contributed by atoms with Gasteiger partial charge in [-0.05, 0) is 88.4 Å². The molecule has 1 aliphatic rings. The van der Waals surface area contributed by atoms with Crippen LogP contribution in [0.2, 0.25) is 0 Å². The predicted molar refractivity (Wildman–Crippen MR) is 198 cm³/mol. The lowest BCUT2D eigenvalue weighted by Crippen LogP contribution is -2.47. The molecule has 12 heteroatoms. The topological polar surface area (TPSA) is 113 Å². The highest BCUT2D eigenvalue weighted by Crippen LogP contribution is 2.49. The third kappa shape index (κ3) is 8.46. The zero-order valence-electron chi connectivity index (χ0n) is 30.7. The smallest absolute Gasteiger partial charge is 0.330 e. The number of benzene rings is 3. The molecule has 4 aromatic rings. The first kappa shape index (κ1) is 38.4. The van der Waals surface area contributed by atoms with Crippen LogP contribution in [0.4, 0.5) is 0 Å². The molecule has 1 aromatic heterocycles. The van der Waals surface area contributed by atoms with Crippen LogP contribution in [0.5, 0.6) is 11.5 Å². The second-order valence-electron chi connectivity index (χ2n) is 13.1. The fourth-order valence-electron chi connectivity index (χ4n) is 6.68. The van der Waals surface area contributed by atoms with Gasteiger partial charge in [0.1, 0.15) is 29.4 Å². The Bertz CT molecular complexity index is 1760. The normalized spacial score (nSPS) is 18.7. The van der Waals surface area contributed by atoms with E-state index in [1.165, 1.54) is 4.57 Å². The van der Waals surface area contributed by atoms with Gasteiger partial charge in [0.25, 0.3) is 14.1 Å². The van der Waals surface area contributed by atoms with E-state index in [1.54, 1.807) is 34.4 Å². The predicted octanol–water partition coefficient (Wildman–Crippen LogP) is 6.93. The molecule has 0 spiro atoms. The summed E-state index contributed by atoms with van der Waals surface area (Å²) in [6, 6.07) is 26.1. The molecule has 2 heterocycles. The Kier molecular flexibility index (Phi) is 12.9. The van der Waals surface area contributed by atoms with Crippen molar-refractivity contribution in [3.05, 3.63) is 128 Å². The Balaban J connectivity index is 1.60. The maximum atomic E-state index is 13.0. The highest BCUT2D eigenvalue weighted by atomic mass is 31.2. The van der Waals surface area contributed by atoms with Gasteiger partial charge in [0.15, 0.2) is 0 Å². The minimum absolute atomic E-state index is 0.0848. The molecule has 0 amide bonds. The van der Waals surface area contributed by atoms with Crippen LogP contribution in [0.3, 0.4) is 0 Å². The number of aromatic amines is 1. The van der Waals surface area contributed by atoms with Crippen LogP contribution in [0.15, 0.2) is 94.6 Å². The molecule has 1 N–H and O–H groups in total. The van der Waals surface area contributed by atoms with E-state index >= 15 is 0 Å². The van der Waals surface area contributed by atoms with E-state index in [0.29, 0.717) is 18.4 Å². The first-order valence-corrected chi connectivity index (χ1v) is 18.4. The summed E-state index contributed by atoms with van der Waals surface area (Å²) in [5, 5.41) is 0. The minimum atomic E-state index is -1.46. The summed E-state index contributed by atoms with van der Waals surface area (Å²) in [6.07, 6.45) is 0.850. The molecule has 0 radical (unpaired) electrons. The zero-order valence-corrected chi connectivity index (χ0v) is 31.6. The molecule has 4 atom stereocenters. The van der Waals surface area contributed by atoms with E-state index in [2.05, 4.69) is 37.3 Å². The number of methoxy groups -OCH3 is 2. The van der Waals surface area contributed by atoms with Gasteiger partial charge in [-0.2, -0.15) is 0 Å². The highest BCUT2D eigenvalue weighted by molar-refractivity contribution is 7.44. The molecule has 3 aromatic carbocycles. The average molecular weight is 720 g/mol. The first-order chi connectivity index (χ1) is 24.5. The summed E-state index contributed by atoms with van der Waals surface area (Å²) >= 11 is 0. The van der Waals surface area contributed by atoms with Crippen molar-refractivity contribution in [2.75, 3.05) is 27.9 Å². The summed E-state index contributed by atoms with van der Waals surface area (Å²) in [6.45, 7) is 10.2. The number of ether oxygens (including phenoxy) is 4. The summed E-state index contributed by atoms with van der Waals surface area (Å²) in [5.41, 5.74) is 1.02. The van der Waals surface area contributed by atoms with E-state index in [4.69, 9.17) is 28.0 Å². The lowest BCUT2D eigenvalue weighted by molar-refractivity contribution is -0.175. The number of hydrogen-bond acceptors (Lipinski definition) is 9. The molecule has 1 aliphatic heterocycles. The summed E-state index contributed by atoms with van der Waals surface area (Å²) in [5.74, 6) is 1.44. The lowest BCUT2D eigenvalue weighted by atomic mass is 9.80. The molecular weight excluding hydrogens is 669 g/mol. The highest BCUT2D eigenvalue weighted by Gasteiger charge is 2.43. The van der Waals surface area contributed by atoms with Gasteiger partial charge in [0.2, 0.25) is 0 Å². The van der Waals surface area contributed by atoms with Gasteiger partial charge in [0, 0.05) is 31.0 Å². The van der Waals surface area contributed by atoms with Crippen LogP contribution < -0.4 is 20.7 Å².